The van der Waals surface area contributed by atoms with Gasteiger partial charge >= 0.3 is 5.97 Å². The van der Waals surface area contributed by atoms with Crippen molar-refractivity contribution in [3.05, 3.63) is 16.1 Å². The predicted octanol–water partition coefficient (Wildman–Crippen LogP) is 2.13. The highest BCUT2D eigenvalue weighted by atomic mass is 32.1. The number of carboxylic acid groups (broad SMARTS) is 1. The zero-order valence-electron chi connectivity index (χ0n) is 11.0. The van der Waals surface area contributed by atoms with Crippen LogP contribution in [-0.2, 0) is 9.59 Å². The first-order chi connectivity index (χ1) is 9.02. The van der Waals surface area contributed by atoms with E-state index in [1.54, 1.807) is 0 Å². The van der Waals surface area contributed by atoms with E-state index in [9.17, 15) is 9.59 Å². The van der Waals surface area contributed by atoms with Gasteiger partial charge in [0.15, 0.2) is 0 Å². The molecule has 104 valence electrons. The van der Waals surface area contributed by atoms with E-state index in [0.29, 0.717) is 12.8 Å². The maximum absolute atomic E-state index is 12.1. The number of thiazole rings is 1. The van der Waals surface area contributed by atoms with E-state index in [0.717, 1.165) is 17.1 Å². The monoisotopic (exact) mass is 282 g/mol. The number of rotatable bonds is 5. The molecule has 1 saturated carbocycles. The number of carbonyl (C=O) groups is 2. The zero-order chi connectivity index (χ0) is 14.0. The van der Waals surface area contributed by atoms with Crippen LogP contribution in [-0.4, -0.2) is 22.0 Å². The summed E-state index contributed by atoms with van der Waals surface area (Å²) in [5.41, 5.74) is 0.944. The van der Waals surface area contributed by atoms with Crippen LogP contribution in [0, 0.1) is 18.8 Å². The van der Waals surface area contributed by atoms with Crippen molar-refractivity contribution in [3.8, 4) is 0 Å². The van der Waals surface area contributed by atoms with Crippen LogP contribution in [0.5, 0.6) is 0 Å². The lowest BCUT2D eigenvalue weighted by Gasteiger charge is -2.33. The summed E-state index contributed by atoms with van der Waals surface area (Å²) in [6.07, 6.45) is 2.01. The van der Waals surface area contributed by atoms with Gasteiger partial charge in [-0.1, -0.05) is 6.92 Å². The SMILES string of the molecule is CCC(NC(=O)C1CCC1C(=O)O)c1nc(C)cs1. The zero-order valence-corrected chi connectivity index (χ0v) is 11.9. The number of aryl methyl sites for hydroxylation is 1. The Hall–Kier alpha value is -1.43. The molecule has 1 aliphatic rings. The van der Waals surface area contributed by atoms with Crippen LogP contribution >= 0.6 is 11.3 Å². The number of hydrogen-bond donors (Lipinski definition) is 2. The topological polar surface area (TPSA) is 79.3 Å². The quantitative estimate of drug-likeness (QED) is 0.867. The first-order valence-electron chi connectivity index (χ1n) is 6.48. The molecule has 2 rings (SSSR count). The summed E-state index contributed by atoms with van der Waals surface area (Å²) in [5.74, 6) is -1.92. The molecule has 3 atom stereocenters. The number of aromatic nitrogens is 1. The molecule has 0 spiro atoms. The lowest BCUT2D eigenvalue weighted by Crippen LogP contribution is -2.45. The fraction of sp³-hybridized carbons (Fsp3) is 0.615. The highest BCUT2D eigenvalue weighted by molar-refractivity contribution is 7.09. The Kier molecular flexibility index (Phi) is 4.19. The molecule has 1 aromatic rings. The molecule has 6 heteroatoms. The lowest BCUT2D eigenvalue weighted by atomic mass is 9.73. The van der Waals surface area contributed by atoms with Gasteiger partial charge < -0.3 is 10.4 Å². The average Bonchev–Trinajstić information content (AvgIpc) is 2.70. The Morgan fingerprint density at radius 1 is 1.53 bits per heavy atom. The summed E-state index contributed by atoms with van der Waals surface area (Å²) in [6, 6.07) is -0.110. The second-order valence-corrected chi connectivity index (χ2v) is 5.81. The number of amides is 1. The van der Waals surface area contributed by atoms with Crippen LogP contribution in [0.4, 0.5) is 0 Å². The number of hydrogen-bond acceptors (Lipinski definition) is 4. The molecule has 0 aliphatic heterocycles. The van der Waals surface area contributed by atoms with E-state index in [1.807, 2.05) is 19.2 Å². The summed E-state index contributed by atoms with van der Waals surface area (Å²) >= 11 is 1.53. The van der Waals surface area contributed by atoms with Gasteiger partial charge in [0, 0.05) is 11.1 Å². The third kappa shape index (κ3) is 2.94. The summed E-state index contributed by atoms with van der Waals surface area (Å²) in [6.45, 7) is 3.90. The minimum atomic E-state index is -0.871. The Morgan fingerprint density at radius 2 is 2.21 bits per heavy atom. The van der Waals surface area contributed by atoms with Crippen molar-refractivity contribution in [2.24, 2.45) is 11.8 Å². The van der Waals surface area contributed by atoms with Gasteiger partial charge in [-0.05, 0) is 26.2 Å². The van der Waals surface area contributed by atoms with Crippen molar-refractivity contribution in [2.45, 2.75) is 39.2 Å². The molecule has 1 heterocycles. The van der Waals surface area contributed by atoms with Gasteiger partial charge in [0.1, 0.15) is 5.01 Å². The molecule has 2 N–H and O–H groups in total. The van der Waals surface area contributed by atoms with Gasteiger partial charge in [-0.2, -0.15) is 0 Å². The summed E-state index contributed by atoms with van der Waals surface area (Å²) < 4.78 is 0. The van der Waals surface area contributed by atoms with Gasteiger partial charge in [-0.25, -0.2) is 4.98 Å². The largest absolute Gasteiger partial charge is 0.481 e. The van der Waals surface area contributed by atoms with Crippen molar-refractivity contribution in [1.29, 1.82) is 0 Å². The van der Waals surface area contributed by atoms with E-state index < -0.39 is 11.9 Å². The van der Waals surface area contributed by atoms with Gasteiger partial charge in [0.05, 0.1) is 17.9 Å². The highest BCUT2D eigenvalue weighted by Crippen LogP contribution is 2.35. The van der Waals surface area contributed by atoms with Crippen LogP contribution in [0.15, 0.2) is 5.38 Å². The van der Waals surface area contributed by atoms with Gasteiger partial charge in [-0.15, -0.1) is 11.3 Å². The maximum atomic E-state index is 12.1. The van der Waals surface area contributed by atoms with Crippen LogP contribution in [0.1, 0.15) is 42.9 Å². The Labute approximate surface area is 116 Å². The average molecular weight is 282 g/mol. The van der Waals surface area contributed by atoms with Gasteiger partial charge in [0.25, 0.3) is 0 Å². The second-order valence-electron chi connectivity index (χ2n) is 4.93. The fourth-order valence-corrected chi connectivity index (χ4v) is 3.19. The minimum Gasteiger partial charge on any atom is -0.481 e. The maximum Gasteiger partial charge on any atom is 0.307 e. The third-order valence-electron chi connectivity index (χ3n) is 3.59. The van der Waals surface area contributed by atoms with Crippen LogP contribution in [0.25, 0.3) is 0 Å². The molecule has 1 aliphatic carbocycles. The molecule has 1 fully saturated rings. The summed E-state index contributed by atoms with van der Waals surface area (Å²) in [4.78, 5) is 27.4. The predicted molar refractivity (Wildman–Crippen MR) is 71.9 cm³/mol. The summed E-state index contributed by atoms with van der Waals surface area (Å²) in [5, 5.41) is 14.7. The van der Waals surface area contributed by atoms with E-state index in [-0.39, 0.29) is 17.9 Å². The molecule has 0 radical (unpaired) electrons. The molecule has 5 nitrogen and oxygen atoms in total. The first kappa shape index (κ1) is 14.0. The highest BCUT2D eigenvalue weighted by Gasteiger charge is 2.41. The molecule has 0 bridgehead atoms. The van der Waals surface area contributed by atoms with E-state index in [2.05, 4.69) is 10.3 Å². The molecule has 3 unspecified atom stereocenters. The minimum absolute atomic E-state index is 0.110. The Balaban J connectivity index is 1.99. The van der Waals surface area contributed by atoms with E-state index in [1.165, 1.54) is 11.3 Å². The van der Waals surface area contributed by atoms with Crippen LogP contribution in [0.3, 0.4) is 0 Å². The van der Waals surface area contributed by atoms with E-state index >= 15 is 0 Å². The van der Waals surface area contributed by atoms with E-state index in [4.69, 9.17) is 5.11 Å². The van der Waals surface area contributed by atoms with Gasteiger partial charge in [-0.3, -0.25) is 9.59 Å². The number of carboxylic acids is 1. The van der Waals surface area contributed by atoms with Crippen molar-refractivity contribution in [1.82, 2.24) is 10.3 Å². The molecule has 19 heavy (non-hydrogen) atoms. The molecule has 0 aromatic carbocycles. The normalized spacial score (nSPS) is 23.5. The third-order valence-corrected chi connectivity index (χ3v) is 4.66. The Morgan fingerprint density at radius 3 is 2.63 bits per heavy atom. The van der Waals surface area contributed by atoms with Crippen LogP contribution < -0.4 is 5.32 Å². The fourth-order valence-electron chi connectivity index (χ4n) is 2.26. The first-order valence-corrected chi connectivity index (χ1v) is 7.36. The molecule has 1 aromatic heterocycles. The molecule has 0 saturated heterocycles. The van der Waals surface area contributed by atoms with Crippen molar-refractivity contribution >= 4 is 23.2 Å². The molecular formula is C13H18N2O3S. The second kappa shape index (κ2) is 5.69. The van der Waals surface area contributed by atoms with Crippen molar-refractivity contribution < 1.29 is 14.7 Å². The smallest absolute Gasteiger partial charge is 0.307 e. The lowest BCUT2D eigenvalue weighted by molar-refractivity contribution is -0.153. The number of nitrogens with one attached hydrogen (secondary N) is 1. The van der Waals surface area contributed by atoms with Crippen LogP contribution in [0.2, 0.25) is 0 Å². The van der Waals surface area contributed by atoms with Crippen molar-refractivity contribution in [2.75, 3.05) is 0 Å². The Bertz CT molecular complexity index is 486. The molecule has 1 amide bonds. The summed E-state index contributed by atoms with van der Waals surface area (Å²) in [7, 11) is 0. The molecular weight excluding hydrogens is 264 g/mol. The number of aliphatic carboxylic acids is 1. The number of nitrogens with zero attached hydrogens (tertiary/aromatic N) is 1. The van der Waals surface area contributed by atoms with Gasteiger partial charge in [0.2, 0.25) is 5.91 Å². The number of carbonyl (C=O) groups excluding carboxylic acids is 1. The standard InChI is InChI=1S/C13H18N2O3S/c1-3-10(12-14-7(2)6-19-12)15-11(16)8-4-5-9(8)13(17)18/h6,8-10H,3-5H2,1-2H3,(H,15,16)(H,17,18). The van der Waals surface area contributed by atoms with Crippen molar-refractivity contribution in [3.63, 3.8) is 0 Å².